The zero-order valence-corrected chi connectivity index (χ0v) is 64.2. The van der Waals surface area contributed by atoms with Gasteiger partial charge in [0, 0.05) is 0 Å². The highest BCUT2D eigenvalue weighted by Crippen LogP contribution is 2.35. The smallest absolute Gasteiger partial charge is 0.422 e. The molecular formula is C68H44F16O35S5. The maximum atomic E-state index is 13.7. The van der Waals surface area contributed by atoms with Gasteiger partial charge in [0.25, 0.3) is 0 Å². The summed E-state index contributed by atoms with van der Waals surface area (Å²) in [6.07, 6.45) is -18.7. The van der Waals surface area contributed by atoms with Crippen LogP contribution in [0.15, 0.2) is 121 Å². The summed E-state index contributed by atoms with van der Waals surface area (Å²) in [6.45, 7) is -4.70. The Morgan fingerprint density at radius 1 is 0.282 bits per heavy atom. The number of carbonyl (C=O) groups is 10. The fraction of sp³-hybridized carbons (Fsp3) is 0.265. The third kappa shape index (κ3) is 28.7. The summed E-state index contributed by atoms with van der Waals surface area (Å²) >= 11 is -12.5. The normalized spacial score (nSPS) is 22.8. The van der Waals surface area contributed by atoms with Gasteiger partial charge in [-0.1, -0.05) is 109 Å². The molecule has 124 heavy (non-hydrogen) atoms. The van der Waals surface area contributed by atoms with E-state index in [2.05, 4.69) is 65.4 Å². The van der Waals surface area contributed by atoms with Crippen molar-refractivity contribution in [2.24, 2.45) is 0 Å². The SMILES string of the molecule is C#CCOC(=O)C1OS(=O)OC1C(=O)OCC#C.O=C(OCC(F)(F)F)C1OS(=O)OC1C(=O)OCC(F)(F)F.O=C(OCc1ccccc1)C1OS(=O)OC1C(=O)OCc1ccccc1.O=C(Oc1c(F)c(F)c(F)c(F)c1F)C1OS(=O)OC1C(=O)Oc1c(F)c(F)c(F)c(F)c1F.O=C(Oc1ccccc1)C1OS(=O)OC1C(=O)Oc1ccccc1. The molecule has 6 aromatic rings. The Kier molecular flexibility index (Phi) is 37.1. The second-order valence-electron chi connectivity index (χ2n) is 22.6. The predicted octanol–water partition coefficient (Wildman–Crippen LogP) is 5.61. The first-order valence-electron chi connectivity index (χ1n) is 32.4. The Labute approximate surface area is 693 Å². The van der Waals surface area contributed by atoms with Crippen molar-refractivity contribution in [1.29, 1.82) is 0 Å². The Hall–Kier alpha value is -11.6. The van der Waals surface area contributed by atoms with Crippen LogP contribution in [0.25, 0.3) is 0 Å². The zero-order valence-electron chi connectivity index (χ0n) is 60.1. The van der Waals surface area contributed by atoms with Gasteiger partial charge in [-0.25, -0.2) is 116 Å². The quantitative estimate of drug-likeness (QED) is 0.0151. The average molecular weight is 1890 g/mol. The Morgan fingerprint density at radius 2 is 0.476 bits per heavy atom. The molecule has 0 aromatic heterocycles. The number of alkyl halides is 6. The van der Waals surface area contributed by atoms with E-state index in [0.717, 1.165) is 11.1 Å². The van der Waals surface area contributed by atoms with E-state index in [-0.39, 0.29) is 37.9 Å². The highest BCUT2D eigenvalue weighted by atomic mass is 32.2. The van der Waals surface area contributed by atoms with E-state index in [0.29, 0.717) is 0 Å². The molecule has 56 heteroatoms. The maximum Gasteiger partial charge on any atom is 0.422 e. The lowest BCUT2D eigenvalue weighted by atomic mass is 10.2. The van der Waals surface area contributed by atoms with E-state index in [1.165, 1.54) is 0 Å². The van der Waals surface area contributed by atoms with Crippen LogP contribution in [0.5, 0.6) is 23.0 Å². The first-order chi connectivity index (χ1) is 58.5. The molecule has 668 valence electrons. The van der Waals surface area contributed by atoms with Crippen LogP contribution >= 0.6 is 0 Å². The number of terminal acetylenes is 2. The van der Waals surface area contributed by atoms with Gasteiger partial charge in [-0.15, -0.1) is 12.8 Å². The minimum absolute atomic E-state index is 0.00203. The molecule has 5 heterocycles. The molecule has 5 aliphatic heterocycles. The lowest BCUT2D eigenvalue weighted by Gasteiger charge is -2.15. The molecule has 0 radical (unpaired) electrons. The summed E-state index contributed by atoms with van der Waals surface area (Å²) in [5.74, 6) is -39.2. The molecule has 0 bridgehead atoms. The van der Waals surface area contributed by atoms with Gasteiger partial charge >= 0.3 is 129 Å². The van der Waals surface area contributed by atoms with Gasteiger partial charge in [0.1, 0.15) is 24.7 Å². The maximum absolute atomic E-state index is 13.7. The first kappa shape index (κ1) is 99.5. The summed E-state index contributed by atoms with van der Waals surface area (Å²) in [6, 6.07) is 34.4. The lowest BCUT2D eigenvalue weighted by molar-refractivity contribution is -0.198. The number of benzene rings is 6. The fourth-order valence-corrected chi connectivity index (χ4v) is 12.3. The van der Waals surface area contributed by atoms with Crippen molar-refractivity contribution in [3.05, 3.63) is 191 Å². The number of para-hydroxylation sites is 2. The summed E-state index contributed by atoms with van der Waals surface area (Å²) in [7, 11) is 0. The molecular weight excluding hydrogens is 1840 g/mol. The monoisotopic (exact) mass is 1880 g/mol. The molecule has 0 spiro atoms. The van der Waals surface area contributed by atoms with Crippen molar-refractivity contribution in [3.8, 4) is 47.7 Å². The number of ether oxygens (including phenoxy) is 10. The molecule has 10 unspecified atom stereocenters. The molecule has 10 atom stereocenters. The number of esters is 10. The summed E-state index contributed by atoms with van der Waals surface area (Å²) < 4.78 is 351. The van der Waals surface area contributed by atoms with Gasteiger partial charge in [0.2, 0.25) is 131 Å². The average Bonchev–Trinajstić information content (AvgIpc) is 1.13. The number of carbonyl (C=O) groups excluding carboxylic acids is 10. The molecule has 5 aliphatic rings. The van der Waals surface area contributed by atoms with E-state index in [1.807, 2.05) is 12.1 Å². The summed E-state index contributed by atoms with van der Waals surface area (Å²) in [5.41, 5.74) is 1.54. The van der Waals surface area contributed by atoms with Gasteiger partial charge in [0.05, 0.1) is 0 Å². The van der Waals surface area contributed by atoms with Crippen LogP contribution in [0.3, 0.4) is 0 Å². The van der Waals surface area contributed by atoms with Crippen molar-refractivity contribution >= 4 is 116 Å². The van der Waals surface area contributed by atoms with Crippen LogP contribution in [0, 0.1) is 82.9 Å². The van der Waals surface area contributed by atoms with E-state index in [9.17, 15) is 139 Å². The Bertz CT molecular complexity index is 4750. The van der Waals surface area contributed by atoms with Gasteiger partial charge in [-0.3, -0.25) is 0 Å². The molecule has 5 fully saturated rings. The first-order valence-corrected chi connectivity index (χ1v) is 37.4. The number of rotatable bonds is 22. The van der Waals surface area contributed by atoms with Crippen LogP contribution in [-0.2, 0) is 188 Å². The third-order valence-corrected chi connectivity index (χ3v) is 17.6. The van der Waals surface area contributed by atoms with E-state index in [4.69, 9.17) is 48.5 Å². The highest BCUT2D eigenvalue weighted by Gasteiger charge is 2.53. The molecule has 6 aromatic carbocycles. The van der Waals surface area contributed by atoms with Crippen molar-refractivity contribution in [2.45, 2.75) is 86.6 Å². The molecule has 35 nitrogen and oxygen atoms in total. The predicted molar refractivity (Wildman–Crippen MR) is 363 cm³/mol. The molecule has 0 amide bonds. The fourth-order valence-electron chi connectivity index (χ4n) is 8.57. The highest BCUT2D eigenvalue weighted by molar-refractivity contribution is 7.76. The molecule has 5 saturated heterocycles. The third-order valence-electron chi connectivity index (χ3n) is 14.0. The number of halogens is 16. The van der Waals surface area contributed by atoms with Gasteiger partial charge in [0.15, 0.2) is 26.4 Å². The van der Waals surface area contributed by atoms with Crippen molar-refractivity contribution < 1.29 is 228 Å². The van der Waals surface area contributed by atoms with E-state index >= 15 is 0 Å². The van der Waals surface area contributed by atoms with Crippen LogP contribution in [0.1, 0.15) is 11.1 Å². The minimum Gasteiger partial charge on any atom is -0.459 e. The molecule has 0 N–H and O–H groups in total. The minimum atomic E-state index is -4.89. The Balaban J connectivity index is 0.000000216. The van der Waals surface area contributed by atoms with Crippen LogP contribution < -0.4 is 18.9 Å². The topological polar surface area (TPSA) is 441 Å². The van der Waals surface area contributed by atoms with E-state index in [1.54, 1.807) is 109 Å². The number of hydrogen-bond acceptors (Lipinski definition) is 35. The molecule has 0 saturated carbocycles. The van der Waals surface area contributed by atoms with Crippen molar-refractivity contribution in [3.63, 3.8) is 0 Å². The second-order valence-corrected chi connectivity index (χ2v) is 26.5. The van der Waals surface area contributed by atoms with Gasteiger partial charge < -0.3 is 47.4 Å². The number of hydrogen-bond donors (Lipinski definition) is 0. The van der Waals surface area contributed by atoms with Crippen LogP contribution in [-0.4, -0.2) is 181 Å². The van der Waals surface area contributed by atoms with Gasteiger partial charge in [-0.2, -0.15) is 64.9 Å². The van der Waals surface area contributed by atoms with Crippen molar-refractivity contribution in [1.82, 2.24) is 0 Å². The molecule has 11 rings (SSSR count). The standard InChI is InChI=1S/C18H16O7S.C16H2F10O7S.C16H12O7S.C10H8O7S.C8H6F6O7S/c19-17(22-11-13-7-3-1-4-8-13)15-16(25-26(21)24-15)18(20)23-12-14-9-5-2-6-10-14;17-1-3(19)7(23)11(8(24)4(1)20)30-15(27)13-14(33-34(29)32-13)16(28)31-12-9(25)5(21)2(18)6(22)10(12)26;17-15(20-11-7-3-1-4-8-11)13-14(23-24(19)22-13)16(18)21-12-9-5-2-6-10-12;1-3-5-14-9(11)7-8(17-18(13)16-7)10(12)15-6-4-2;9-7(10,11)1-18-5(15)3-4(21-22(17)20-3)6(16)19-2-8(12,13)14/h1-10,15-16H,11-12H2;13-14H;1-10,13-14H;1-2,7-8H,5-6H2;3-4H,1-2H2. The lowest BCUT2D eigenvalue weighted by Crippen LogP contribution is -2.42. The van der Waals surface area contributed by atoms with Crippen LogP contribution in [0.4, 0.5) is 70.2 Å². The summed E-state index contributed by atoms with van der Waals surface area (Å²) in [4.78, 5) is 118. The molecule has 0 aliphatic carbocycles. The zero-order chi connectivity index (χ0) is 91.6. The largest absolute Gasteiger partial charge is 0.459 e. The summed E-state index contributed by atoms with van der Waals surface area (Å²) in [5, 5.41) is 0. The van der Waals surface area contributed by atoms with E-state index < -0.39 is 273 Å². The Morgan fingerprint density at radius 3 is 0.702 bits per heavy atom. The van der Waals surface area contributed by atoms with Crippen molar-refractivity contribution in [2.75, 3.05) is 26.4 Å². The van der Waals surface area contributed by atoms with Crippen LogP contribution in [0.2, 0.25) is 0 Å². The van der Waals surface area contributed by atoms with Gasteiger partial charge in [-0.05, 0) is 35.4 Å². The second kappa shape index (κ2) is 46.2.